The molecule has 5 heteroatoms. The molecule has 0 N–H and O–H groups in total. The van der Waals surface area contributed by atoms with Crippen molar-refractivity contribution in [1.29, 1.82) is 0 Å². The number of hydrogen-bond donors (Lipinski definition) is 0. The van der Waals surface area contributed by atoms with Gasteiger partial charge in [0.05, 0.1) is 6.42 Å². The number of anilines is 1. The summed E-state index contributed by atoms with van der Waals surface area (Å²) in [5.74, 6) is 1.45. The van der Waals surface area contributed by atoms with Crippen LogP contribution in [0.3, 0.4) is 0 Å². The van der Waals surface area contributed by atoms with Crippen molar-refractivity contribution >= 4 is 11.7 Å². The van der Waals surface area contributed by atoms with Gasteiger partial charge < -0.3 is 9.42 Å². The number of ketones is 1. The Morgan fingerprint density at radius 3 is 2.75 bits per heavy atom. The molecule has 0 amide bonds. The molecule has 0 radical (unpaired) electrons. The zero-order chi connectivity index (χ0) is 12.1. The van der Waals surface area contributed by atoms with Crippen molar-refractivity contribution in [3.63, 3.8) is 0 Å². The van der Waals surface area contributed by atoms with Crippen LogP contribution in [0.2, 0.25) is 0 Å². The van der Waals surface area contributed by atoms with Gasteiger partial charge in [0.2, 0.25) is 5.89 Å². The number of carbonyl (C=O) groups is 1. The van der Waals surface area contributed by atoms with E-state index >= 15 is 0 Å². The topological polar surface area (TPSA) is 59.2 Å². The van der Waals surface area contributed by atoms with Crippen LogP contribution in [0.4, 0.5) is 5.95 Å². The standard InChI is InChI=1S/C11H19N3O2/c1-5-14(4)11-12-10(16-13-11)7-9(15)6-8(2)3/h8H,5-7H2,1-4H3. The van der Waals surface area contributed by atoms with Gasteiger partial charge in [-0.2, -0.15) is 4.98 Å². The average molecular weight is 225 g/mol. The summed E-state index contributed by atoms with van der Waals surface area (Å²) in [6, 6.07) is 0. The van der Waals surface area contributed by atoms with Gasteiger partial charge >= 0.3 is 0 Å². The quantitative estimate of drug-likeness (QED) is 0.737. The van der Waals surface area contributed by atoms with E-state index in [2.05, 4.69) is 10.1 Å². The molecule has 16 heavy (non-hydrogen) atoms. The zero-order valence-electron chi connectivity index (χ0n) is 10.4. The molecular formula is C11H19N3O2. The van der Waals surface area contributed by atoms with Crippen molar-refractivity contribution in [3.05, 3.63) is 5.89 Å². The maximum Gasteiger partial charge on any atom is 0.265 e. The van der Waals surface area contributed by atoms with Crippen LogP contribution >= 0.6 is 0 Å². The van der Waals surface area contributed by atoms with E-state index in [0.29, 0.717) is 24.2 Å². The molecule has 90 valence electrons. The summed E-state index contributed by atoms with van der Waals surface area (Å²) in [5.41, 5.74) is 0. The van der Waals surface area contributed by atoms with Crippen LogP contribution < -0.4 is 4.90 Å². The molecule has 0 unspecified atom stereocenters. The minimum absolute atomic E-state index is 0.143. The number of carbonyl (C=O) groups excluding carboxylic acids is 1. The van der Waals surface area contributed by atoms with Gasteiger partial charge in [-0.15, -0.1) is 0 Å². The lowest BCUT2D eigenvalue weighted by Gasteiger charge is -2.08. The number of hydrogen-bond acceptors (Lipinski definition) is 5. The SMILES string of the molecule is CCN(C)c1noc(CC(=O)CC(C)C)n1. The maximum absolute atomic E-state index is 11.5. The molecule has 0 aliphatic carbocycles. The highest BCUT2D eigenvalue weighted by molar-refractivity contribution is 5.80. The van der Waals surface area contributed by atoms with Gasteiger partial charge in [0.15, 0.2) is 0 Å². The Morgan fingerprint density at radius 2 is 2.19 bits per heavy atom. The molecule has 1 rings (SSSR count). The molecule has 0 saturated carbocycles. The summed E-state index contributed by atoms with van der Waals surface area (Å²) in [4.78, 5) is 17.5. The summed E-state index contributed by atoms with van der Waals surface area (Å²) in [5, 5.41) is 3.81. The van der Waals surface area contributed by atoms with Gasteiger partial charge in [0, 0.05) is 20.0 Å². The average Bonchev–Trinajstić information content (AvgIpc) is 2.63. The van der Waals surface area contributed by atoms with Crippen LogP contribution in [0.1, 0.15) is 33.1 Å². The Morgan fingerprint density at radius 1 is 1.50 bits per heavy atom. The summed E-state index contributed by atoms with van der Waals surface area (Å²) in [6.07, 6.45) is 0.796. The van der Waals surface area contributed by atoms with Gasteiger partial charge in [0.1, 0.15) is 5.78 Å². The second kappa shape index (κ2) is 5.63. The molecule has 1 heterocycles. The van der Waals surface area contributed by atoms with Gasteiger partial charge in [-0.25, -0.2) is 0 Å². The largest absolute Gasteiger partial charge is 0.342 e. The smallest absolute Gasteiger partial charge is 0.265 e. The molecule has 0 bridgehead atoms. The highest BCUT2D eigenvalue weighted by Crippen LogP contribution is 2.09. The summed E-state index contributed by atoms with van der Waals surface area (Å²) in [6.45, 7) is 6.84. The number of aromatic nitrogens is 2. The lowest BCUT2D eigenvalue weighted by molar-refractivity contribution is -0.119. The molecule has 1 aromatic rings. The van der Waals surface area contributed by atoms with Gasteiger partial charge in [-0.3, -0.25) is 4.79 Å². The molecule has 1 aromatic heterocycles. The second-order valence-electron chi connectivity index (χ2n) is 4.32. The van der Waals surface area contributed by atoms with Crippen LogP contribution in [-0.4, -0.2) is 29.5 Å². The van der Waals surface area contributed by atoms with Crippen LogP contribution in [0.5, 0.6) is 0 Å². The van der Waals surface area contributed by atoms with Crippen molar-refractivity contribution in [2.45, 2.75) is 33.6 Å². The van der Waals surface area contributed by atoms with E-state index in [0.717, 1.165) is 6.54 Å². The Balaban J connectivity index is 2.55. The van der Waals surface area contributed by atoms with Crippen LogP contribution in [0.25, 0.3) is 0 Å². The van der Waals surface area contributed by atoms with Crippen molar-refractivity contribution < 1.29 is 9.32 Å². The zero-order valence-corrected chi connectivity index (χ0v) is 10.4. The van der Waals surface area contributed by atoms with Crippen LogP contribution in [-0.2, 0) is 11.2 Å². The summed E-state index contributed by atoms with van der Waals surface area (Å²) < 4.78 is 5.02. The molecule has 0 saturated heterocycles. The first-order valence-electron chi connectivity index (χ1n) is 5.58. The minimum atomic E-state index is 0.143. The fourth-order valence-electron chi connectivity index (χ4n) is 1.31. The lowest BCUT2D eigenvalue weighted by atomic mass is 10.1. The first kappa shape index (κ1) is 12.7. The lowest BCUT2D eigenvalue weighted by Crippen LogP contribution is -2.17. The fraction of sp³-hybridized carbons (Fsp3) is 0.727. The van der Waals surface area contributed by atoms with E-state index in [4.69, 9.17) is 4.52 Å². The van der Waals surface area contributed by atoms with Crippen molar-refractivity contribution in [1.82, 2.24) is 10.1 Å². The number of nitrogens with zero attached hydrogens (tertiary/aromatic N) is 3. The maximum atomic E-state index is 11.5. The fourth-order valence-corrected chi connectivity index (χ4v) is 1.31. The molecule has 0 aliphatic rings. The molecule has 0 atom stereocenters. The molecule has 0 spiro atoms. The monoisotopic (exact) mass is 225 g/mol. The van der Waals surface area contributed by atoms with E-state index in [-0.39, 0.29) is 12.2 Å². The van der Waals surface area contributed by atoms with Crippen LogP contribution in [0.15, 0.2) is 4.52 Å². The number of rotatable bonds is 6. The van der Waals surface area contributed by atoms with E-state index in [1.807, 2.05) is 32.7 Å². The Labute approximate surface area is 95.8 Å². The normalized spacial score (nSPS) is 10.8. The van der Waals surface area contributed by atoms with E-state index in [1.165, 1.54) is 0 Å². The minimum Gasteiger partial charge on any atom is -0.342 e. The third-order valence-corrected chi connectivity index (χ3v) is 2.26. The van der Waals surface area contributed by atoms with Crippen LogP contribution in [0, 0.1) is 5.92 Å². The van der Waals surface area contributed by atoms with Gasteiger partial charge in [-0.05, 0) is 18.0 Å². The molecular weight excluding hydrogens is 206 g/mol. The molecule has 0 aliphatic heterocycles. The van der Waals surface area contributed by atoms with Gasteiger partial charge in [-0.1, -0.05) is 13.8 Å². The van der Waals surface area contributed by atoms with Crippen molar-refractivity contribution in [2.75, 3.05) is 18.5 Å². The Hall–Kier alpha value is -1.39. The predicted octanol–water partition coefficient (Wildman–Crippen LogP) is 1.68. The second-order valence-corrected chi connectivity index (χ2v) is 4.32. The summed E-state index contributed by atoms with van der Waals surface area (Å²) >= 11 is 0. The molecule has 5 nitrogen and oxygen atoms in total. The highest BCUT2D eigenvalue weighted by atomic mass is 16.5. The number of Topliss-reactive ketones (excluding diaryl/α,β-unsaturated/α-hetero) is 1. The third-order valence-electron chi connectivity index (χ3n) is 2.26. The first-order chi connectivity index (χ1) is 7.52. The van der Waals surface area contributed by atoms with Crippen molar-refractivity contribution in [3.8, 4) is 0 Å². The molecule has 0 aromatic carbocycles. The highest BCUT2D eigenvalue weighted by Gasteiger charge is 2.13. The van der Waals surface area contributed by atoms with E-state index < -0.39 is 0 Å². The Kier molecular flexibility index (Phi) is 4.46. The van der Waals surface area contributed by atoms with Crippen molar-refractivity contribution in [2.24, 2.45) is 5.92 Å². The van der Waals surface area contributed by atoms with Gasteiger partial charge in [0.25, 0.3) is 5.95 Å². The molecule has 0 fully saturated rings. The summed E-state index contributed by atoms with van der Waals surface area (Å²) in [7, 11) is 1.88. The predicted molar refractivity (Wildman–Crippen MR) is 61.4 cm³/mol. The third kappa shape index (κ3) is 3.64. The Bertz CT molecular complexity index is 347. The van der Waals surface area contributed by atoms with E-state index in [1.54, 1.807) is 0 Å². The first-order valence-corrected chi connectivity index (χ1v) is 5.58. The van der Waals surface area contributed by atoms with E-state index in [9.17, 15) is 4.79 Å².